The summed E-state index contributed by atoms with van der Waals surface area (Å²) >= 11 is 0. The Kier molecular flexibility index (Phi) is 6.36. The first-order valence-electron chi connectivity index (χ1n) is 7.87. The molecule has 0 saturated heterocycles. The second-order valence-electron chi connectivity index (χ2n) is 5.18. The SMILES string of the molecule is CCN(CC)S(=O)(=O)c1cc([N+](=O)[O-])ccc1NN=Cc1cccnc1. The molecule has 26 heavy (non-hydrogen) atoms. The Morgan fingerprint density at radius 1 is 1.31 bits per heavy atom. The van der Waals surface area contributed by atoms with Gasteiger partial charge in [0, 0.05) is 43.2 Å². The Hall–Kier alpha value is -2.85. The third-order valence-electron chi connectivity index (χ3n) is 3.58. The van der Waals surface area contributed by atoms with Gasteiger partial charge in [0.15, 0.2) is 0 Å². The highest BCUT2D eigenvalue weighted by Crippen LogP contribution is 2.29. The van der Waals surface area contributed by atoms with Crippen molar-refractivity contribution in [3.05, 3.63) is 58.4 Å². The fourth-order valence-corrected chi connectivity index (χ4v) is 3.88. The summed E-state index contributed by atoms with van der Waals surface area (Å²) in [6.07, 6.45) is 4.69. The number of hydrazone groups is 1. The summed E-state index contributed by atoms with van der Waals surface area (Å²) in [7, 11) is -3.90. The zero-order chi connectivity index (χ0) is 19.2. The highest BCUT2D eigenvalue weighted by Gasteiger charge is 2.27. The maximum absolute atomic E-state index is 12.8. The highest BCUT2D eigenvalue weighted by atomic mass is 32.2. The van der Waals surface area contributed by atoms with E-state index >= 15 is 0 Å². The number of aromatic nitrogens is 1. The van der Waals surface area contributed by atoms with Crippen LogP contribution in [0.1, 0.15) is 19.4 Å². The van der Waals surface area contributed by atoms with Crippen molar-refractivity contribution in [1.82, 2.24) is 9.29 Å². The normalized spacial score (nSPS) is 11.8. The lowest BCUT2D eigenvalue weighted by molar-refractivity contribution is -0.385. The number of hydrogen-bond donors (Lipinski definition) is 1. The van der Waals surface area contributed by atoms with Crippen molar-refractivity contribution >= 4 is 27.6 Å². The van der Waals surface area contributed by atoms with Gasteiger partial charge in [-0.1, -0.05) is 19.9 Å². The molecule has 0 saturated carbocycles. The molecule has 0 spiro atoms. The Morgan fingerprint density at radius 2 is 2.04 bits per heavy atom. The van der Waals surface area contributed by atoms with Gasteiger partial charge in [0.2, 0.25) is 10.0 Å². The number of sulfonamides is 1. The molecule has 1 heterocycles. The molecule has 0 aliphatic carbocycles. The average molecular weight is 377 g/mol. The van der Waals surface area contributed by atoms with Crippen molar-refractivity contribution in [2.45, 2.75) is 18.7 Å². The Bertz CT molecular complexity index is 896. The highest BCUT2D eigenvalue weighted by molar-refractivity contribution is 7.89. The van der Waals surface area contributed by atoms with E-state index in [1.165, 1.54) is 22.7 Å². The minimum absolute atomic E-state index is 0.155. The zero-order valence-corrected chi connectivity index (χ0v) is 15.2. The largest absolute Gasteiger partial charge is 0.277 e. The van der Waals surface area contributed by atoms with Crippen molar-refractivity contribution in [1.29, 1.82) is 0 Å². The molecule has 0 atom stereocenters. The third-order valence-corrected chi connectivity index (χ3v) is 5.67. The Labute approximate surface area is 151 Å². The summed E-state index contributed by atoms with van der Waals surface area (Å²) in [5, 5.41) is 15.0. The summed E-state index contributed by atoms with van der Waals surface area (Å²) in [6.45, 7) is 3.90. The molecule has 0 fully saturated rings. The second-order valence-corrected chi connectivity index (χ2v) is 7.09. The van der Waals surface area contributed by atoms with Crippen LogP contribution in [0.25, 0.3) is 0 Å². The van der Waals surface area contributed by atoms with Gasteiger partial charge in [0.1, 0.15) is 4.90 Å². The monoisotopic (exact) mass is 377 g/mol. The van der Waals surface area contributed by atoms with Gasteiger partial charge in [-0.25, -0.2) is 8.42 Å². The van der Waals surface area contributed by atoms with Gasteiger partial charge >= 0.3 is 0 Å². The van der Waals surface area contributed by atoms with E-state index in [0.717, 1.165) is 11.6 Å². The first-order chi connectivity index (χ1) is 12.4. The van der Waals surface area contributed by atoms with Crippen LogP contribution < -0.4 is 5.43 Å². The summed E-state index contributed by atoms with van der Waals surface area (Å²) in [5.74, 6) is 0. The van der Waals surface area contributed by atoms with E-state index in [-0.39, 0.29) is 29.4 Å². The maximum atomic E-state index is 12.8. The molecular weight excluding hydrogens is 358 g/mol. The summed E-state index contributed by atoms with van der Waals surface area (Å²) < 4.78 is 26.9. The number of rotatable bonds is 8. The Morgan fingerprint density at radius 3 is 2.62 bits per heavy atom. The van der Waals surface area contributed by atoms with Crippen molar-refractivity contribution < 1.29 is 13.3 Å². The molecule has 2 aromatic rings. The molecule has 0 unspecified atom stereocenters. The van der Waals surface area contributed by atoms with Gasteiger partial charge in [-0.3, -0.25) is 20.5 Å². The van der Waals surface area contributed by atoms with Crippen LogP contribution >= 0.6 is 0 Å². The minimum Gasteiger partial charge on any atom is -0.277 e. The molecule has 0 aliphatic rings. The van der Waals surface area contributed by atoms with E-state index in [4.69, 9.17) is 0 Å². The number of pyridine rings is 1. The lowest BCUT2D eigenvalue weighted by Gasteiger charge is -2.20. The van der Waals surface area contributed by atoms with Crippen molar-refractivity contribution in [3.63, 3.8) is 0 Å². The van der Waals surface area contributed by atoms with Crippen LogP contribution in [0, 0.1) is 10.1 Å². The van der Waals surface area contributed by atoms with Crippen LogP contribution in [-0.2, 0) is 10.0 Å². The molecule has 1 aromatic heterocycles. The lowest BCUT2D eigenvalue weighted by atomic mass is 10.3. The van der Waals surface area contributed by atoms with Crippen LogP contribution in [0.2, 0.25) is 0 Å². The van der Waals surface area contributed by atoms with E-state index in [0.29, 0.717) is 0 Å². The summed E-state index contributed by atoms with van der Waals surface area (Å²) in [4.78, 5) is 14.2. The van der Waals surface area contributed by atoms with Crippen LogP contribution in [0.5, 0.6) is 0 Å². The molecule has 9 nitrogen and oxygen atoms in total. The number of nitro benzene ring substituents is 1. The Balaban J connectivity index is 2.42. The van der Waals surface area contributed by atoms with Gasteiger partial charge < -0.3 is 0 Å². The standard InChI is InChI=1S/C16H19N5O4S/c1-3-20(4-2)26(24,25)16-10-14(21(22)23)7-8-15(16)19-18-12-13-6-5-9-17-11-13/h5-12,19H,3-4H2,1-2H3. The number of nitrogens with zero attached hydrogens (tertiary/aromatic N) is 4. The first kappa shape index (κ1) is 19.5. The van der Waals surface area contributed by atoms with E-state index in [1.54, 1.807) is 38.4 Å². The summed E-state index contributed by atoms with van der Waals surface area (Å²) in [6, 6.07) is 7.11. The first-order valence-corrected chi connectivity index (χ1v) is 9.31. The van der Waals surface area contributed by atoms with Gasteiger partial charge in [-0.2, -0.15) is 9.41 Å². The van der Waals surface area contributed by atoms with Crippen LogP contribution in [0.3, 0.4) is 0 Å². The number of benzene rings is 1. The van der Waals surface area contributed by atoms with Gasteiger partial charge in [0.05, 0.1) is 16.8 Å². The quantitative estimate of drug-likeness (QED) is 0.429. The topological polar surface area (TPSA) is 118 Å². The molecule has 1 N–H and O–H groups in total. The maximum Gasteiger partial charge on any atom is 0.270 e. The predicted molar refractivity (Wildman–Crippen MR) is 98.7 cm³/mol. The van der Waals surface area contributed by atoms with E-state index in [1.807, 2.05) is 0 Å². The molecule has 10 heteroatoms. The predicted octanol–water partition coefficient (Wildman–Crippen LogP) is 2.47. The van der Waals surface area contributed by atoms with Gasteiger partial charge in [0.25, 0.3) is 5.69 Å². The van der Waals surface area contributed by atoms with E-state index in [2.05, 4.69) is 15.5 Å². The van der Waals surface area contributed by atoms with Gasteiger partial charge in [-0.05, 0) is 12.1 Å². The van der Waals surface area contributed by atoms with Crippen LogP contribution in [-0.4, -0.2) is 41.9 Å². The second kappa shape index (κ2) is 8.50. The number of anilines is 1. The molecule has 0 amide bonds. The fourth-order valence-electron chi connectivity index (χ4n) is 2.26. The van der Waals surface area contributed by atoms with Crippen molar-refractivity contribution in [2.75, 3.05) is 18.5 Å². The minimum atomic E-state index is -3.90. The van der Waals surface area contributed by atoms with Crippen LogP contribution in [0.4, 0.5) is 11.4 Å². The number of nitrogens with one attached hydrogen (secondary N) is 1. The molecular formula is C16H19N5O4S. The summed E-state index contributed by atoms with van der Waals surface area (Å²) in [5.41, 5.74) is 3.22. The number of hydrogen-bond acceptors (Lipinski definition) is 7. The van der Waals surface area contributed by atoms with Crippen molar-refractivity contribution in [2.24, 2.45) is 5.10 Å². The van der Waals surface area contributed by atoms with E-state index in [9.17, 15) is 18.5 Å². The average Bonchev–Trinajstić information content (AvgIpc) is 2.63. The molecule has 2 rings (SSSR count). The van der Waals surface area contributed by atoms with E-state index < -0.39 is 14.9 Å². The molecule has 0 aliphatic heterocycles. The van der Waals surface area contributed by atoms with Gasteiger partial charge in [-0.15, -0.1) is 0 Å². The molecule has 0 bridgehead atoms. The third kappa shape index (κ3) is 4.41. The number of nitro groups is 1. The molecule has 1 aromatic carbocycles. The smallest absolute Gasteiger partial charge is 0.270 e. The van der Waals surface area contributed by atoms with Crippen molar-refractivity contribution in [3.8, 4) is 0 Å². The van der Waals surface area contributed by atoms with Crippen LogP contribution in [0.15, 0.2) is 52.7 Å². The number of non-ortho nitro benzene ring substituents is 1. The molecule has 0 radical (unpaired) electrons. The lowest BCUT2D eigenvalue weighted by Crippen LogP contribution is -2.31. The molecule has 138 valence electrons. The fraction of sp³-hybridized carbons (Fsp3) is 0.250. The zero-order valence-electron chi connectivity index (χ0n) is 14.4.